The number of pyridine rings is 1. The van der Waals surface area contributed by atoms with Crippen LogP contribution >= 0.6 is 0 Å². The number of allylic oxidation sites excluding steroid dienone is 2. The number of nitrogens with one attached hydrogen (secondary N) is 2. The third-order valence-electron chi connectivity index (χ3n) is 6.48. The van der Waals surface area contributed by atoms with Gasteiger partial charge in [-0.3, -0.25) is 14.6 Å². The van der Waals surface area contributed by atoms with Gasteiger partial charge in [-0.05, 0) is 71.5 Å². The van der Waals surface area contributed by atoms with Crippen molar-refractivity contribution in [2.45, 2.75) is 20.3 Å². The first-order valence-electron chi connectivity index (χ1n) is 12.1. The van der Waals surface area contributed by atoms with Gasteiger partial charge in [-0.2, -0.15) is 0 Å². The Morgan fingerprint density at radius 3 is 2.27 bits per heavy atom. The van der Waals surface area contributed by atoms with E-state index in [0.717, 1.165) is 39.9 Å². The lowest BCUT2D eigenvalue weighted by atomic mass is 9.83. The van der Waals surface area contributed by atoms with E-state index >= 15 is 0 Å². The number of ketones is 1. The van der Waals surface area contributed by atoms with Gasteiger partial charge in [0.15, 0.2) is 0 Å². The minimum absolute atomic E-state index is 0.0460. The number of Topliss-reactive ketones (excluding diaryl/α,β-unsaturated/α-hetero) is 1. The molecule has 1 amide bonds. The lowest BCUT2D eigenvalue weighted by Gasteiger charge is -2.21. The third-order valence-corrected chi connectivity index (χ3v) is 6.48. The van der Waals surface area contributed by atoms with E-state index in [-0.39, 0.29) is 17.5 Å². The van der Waals surface area contributed by atoms with Crippen molar-refractivity contribution in [3.05, 3.63) is 96.2 Å². The molecule has 2 aromatic heterocycles. The molecule has 2 N–H and O–H groups in total. The van der Waals surface area contributed by atoms with Gasteiger partial charge in [0.1, 0.15) is 11.6 Å². The van der Waals surface area contributed by atoms with Gasteiger partial charge in [-0.1, -0.05) is 31.2 Å². The number of carbonyl (C=O) groups excluding carboxylic acids is 2. The maximum absolute atomic E-state index is 13.9. The molecule has 2 aromatic carbocycles. The molecular formula is C30H27FN4O2. The lowest BCUT2D eigenvalue weighted by Crippen LogP contribution is -2.18. The third kappa shape index (κ3) is 4.80. The Morgan fingerprint density at radius 1 is 0.973 bits per heavy atom. The van der Waals surface area contributed by atoms with Crippen LogP contribution in [-0.4, -0.2) is 21.2 Å². The average Bonchev–Trinajstić information content (AvgIpc) is 3.14. The molecule has 0 fully saturated rings. The van der Waals surface area contributed by atoms with Gasteiger partial charge >= 0.3 is 0 Å². The van der Waals surface area contributed by atoms with E-state index in [2.05, 4.69) is 22.5 Å². The molecule has 6 nitrogen and oxygen atoms in total. The van der Waals surface area contributed by atoms with Gasteiger partial charge in [0.05, 0.1) is 5.69 Å². The molecule has 5 rings (SSSR count). The Kier molecular flexibility index (Phi) is 6.44. The van der Waals surface area contributed by atoms with Gasteiger partial charge in [-0.15, -0.1) is 0 Å². The monoisotopic (exact) mass is 494 g/mol. The number of carbonyl (C=O) groups is 2. The van der Waals surface area contributed by atoms with Crippen molar-refractivity contribution in [2.24, 2.45) is 13.0 Å². The van der Waals surface area contributed by atoms with Crippen LogP contribution in [0.3, 0.4) is 0 Å². The molecule has 0 saturated carbocycles. The highest BCUT2D eigenvalue weighted by atomic mass is 19.1. The number of aromatic nitrogens is 2. The van der Waals surface area contributed by atoms with E-state index in [9.17, 15) is 14.0 Å². The topological polar surface area (TPSA) is 76.0 Å². The van der Waals surface area contributed by atoms with E-state index in [1.54, 1.807) is 24.5 Å². The zero-order valence-electron chi connectivity index (χ0n) is 20.9. The fraction of sp³-hybridized carbons (Fsp3) is 0.167. The van der Waals surface area contributed by atoms with E-state index in [4.69, 9.17) is 0 Å². The predicted molar refractivity (Wildman–Crippen MR) is 144 cm³/mol. The number of halogens is 1. The Morgan fingerprint density at radius 2 is 1.62 bits per heavy atom. The fourth-order valence-electron chi connectivity index (χ4n) is 4.79. The van der Waals surface area contributed by atoms with Crippen LogP contribution < -0.4 is 10.6 Å². The van der Waals surface area contributed by atoms with Crippen LogP contribution in [0.2, 0.25) is 0 Å². The van der Waals surface area contributed by atoms with E-state index in [0.29, 0.717) is 23.1 Å². The van der Waals surface area contributed by atoms with Crippen LogP contribution in [-0.2, 0) is 11.8 Å². The maximum Gasteiger partial charge on any atom is 0.221 e. The number of anilines is 3. The lowest BCUT2D eigenvalue weighted by molar-refractivity contribution is -0.114. The summed E-state index contributed by atoms with van der Waals surface area (Å²) in [6.07, 6.45) is 6.13. The molecule has 186 valence electrons. The Hall–Kier alpha value is -4.52. The van der Waals surface area contributed by atoms with Crippen molar-refractivity contribution in [2.75, 3.05) is 10.6 Å². The summed E-state index contributed by atoms with van der Waals surface area (Å²) in [7, 11) is 1.85. The van der Waals surface area contributed by atoms with Gasteiger partial charge in [0, 0.05) is 48.9 Å². The molecule has 0 radical (unpaired) electrons. The molecule has 1 aliphatic carbocycles. The summed E-state index contributed by atoms with van der Waals surface area (Å²) in [6, 6.07) is 17.4. The highest BCUT2D eigenvalue weighted by molar-refractivity contribution is 6.16. The van der Waals surface area contributed by atoms with Crippen molar-refractivity contribution >= 4 is 28.9 Å². The van der Waals surface area contributed by atoms with Crippen LogP contribution in [0.25, 0.3) is 22.3 Å². The minimum Gasteiger partial charge on any atom is -0.341 e. The van der Waals surface area contributed by atoms with Crippen LogP contribution in [0.1, 0.15) is 30.8 Å². The molecule has 0 bridgehead atoms. The Bertz CT molecular complexity index is 1520. The second kappa shape index (κ2) is 9.85. The first-order chi connectivity index (χ1) is 17.8. The molecular weight excluding hydrogens is 467 g/mol. The fourth-order valence-corrected chi connectivity index (χ4v) is 4.79. The highest BCUT2D eigenvalue weighted by Crippen LogP contribution is 2.45. The number of hydrogen-bond acceptors (Lipinski definition) is 4. The van der Waals surface area contributed by atoms with Gasteiger partial charge in [0.25, 0.3) is 0 Å². The summed E-state index contributed by atoms with van der Waals surface area (Å²) in [5, 5.41) is 6.28. The molecule has 0 aliphatic heterocycles. The first kappa shape index (κ1) is 24.2. The predicted octanol–water partition coefficient (Wildman–Crippen LogP) is 6.74. The number of rotatable bonds is 7. The van der Waals surface area contributed by atoms with Crippen molar-refractivity contribution in [3.8, 4) is 22.3 Å². The van der Waals surface area contributed by atoms with E-state index in [1.807, 2.05) is 54.1 Å². The first-order valence-corrected chi connectivity index (χ1v) is 12.1. The molecule has 0 spiro atoms. The SMILES string of the molecule is CC(=O)Nc1cccc(Nc2c(-c3ccncc3)c(-c3ccc(F)cc3)c(C(=O)C3=CC(C)C3)n2C)c1. The van der Waals surface area contributed by atoms with Crippen molar-refractivity contribution in [1.82, 2.24) is 9.55 Å². The number of benzene rings is 2. The molecule has 2 heterocycles. The largest absolute Gasteiger partial charge is 0.341 e. The number of hydrogen-bond donors (Lipinski definition) is 2. The second-order valence-electron chi connectivity index (χ2n) is 9.34. The molecule has 37 heavy (non-hydrogen) atoms. The van der Waals surface area contributed by atoms with Gasteiger partial charge < -0.3 is 15.2 Å². The average molecular weight is 495 g/mol. The van der Waals surface area contributed by atoms with Crippen LogP contribution in [0.5, 0.6) is 0 Å². The quantitative estimate of drug-likeness (QED) is 0.279. The molecule has 7 heteroatoms. The van der Waals surface area contributed by atoms with Gasteiger partial charge in [-0.25, -0.2) is 4.39 Å². The molecule has 1 aliphatic rings. The van der Waals surface area contributed by atoms with Crippen molar-refractivity contribution < 1.29 is 14.0 Å². The maximum atomic E-state index is 13.9. The highest BCUT2D eigenvalue weighted by Gasteiger charge is 2.31. The van der Waals surface area contributed by atoms with Crippen molar-refractivity contribution in [1.29, 1.82) is 0 Å². The molecule has 4 aromatic rings. The Balaban J connectivity index is 1.75. The molecule has 1 atom stereocenters. The van der Waals surface area contributed by atoms with Crippen LogP contribution in [0.4, 0.5) is 21.6 Å². The zero-order chi connectivity index (χ0) is 26.1. The smallest absolute Gasteiger partial charge is 0.221 e. The summed E-state index contributed by atoms with van der Waals surface area (Å²) in [6.45, 7) is 3.54. The summed E-state index contributed by atoms with van der Waals surface area (Å²) < 4.78 is 15.8. The summed E-state index contributed by atoms with van der Waals surface area (Å²) in [5.41, 5.74) is 5.82. The number of nitrogens with zero attached hydrogens (tertiary/aromatic N) is 2. The summed E-state index contributed by atoms with van der Waals surface area (Å²) >= 11 is 0. The normalized spacial score (nSPS) is 14.5. The van der Waals surface area contributed by atoms with Crippen LogP contribution in [0.15, 0.2) is 84.7 Å². The minimum atomic E-state index is -0.346. The summed E-state index contributed by atoms with van der Waals surface area (Å²) in [5.74, 6) is 0.504. The van der Waals surface area contributed by atoms with E-state index < -0.39 is 0 Å². The van der Waals surface area contributed by atoms with E-state index in [1.165, 1.54) is 19.1 Å². The zero-order valence-corrected chi connectivity index (χ0v) is 20.9. The number of amides is 1. The van der Waals surface area contributed by atoms with Crippen LogP contribution in [0, 0.1) is 11.7 Å². The summed E-state index contributed by atoms with van der Waals surface area (Å²) in [4.78, 5) is 29.6. The standard InChI is InChI=1S/C30H27FN4O2/c1-18-15-22(16-18)29(37)28-26(20-7-9-23(31)10-8-20)27(21-11-13-32-14-12-21)30(35(28)3)34-25-6-4-5-24(17-25)33-19(2)36/h4-15,17-18,34H,16H2,1-3H3,(H,33,36). The van der Waals surface area contributed by atoms with Gasteiger partial charge in [0.2, 0.25) is 11.7 Å². The molecule has 1 unspecified atom stereocenters. The Labute approximate surface area is 214 Å². The molecule has 0 saturated heterocycles. The van der Waals surface area contributed by atoms with Crippen molar-refractivity contribution in [3.63, 3.8) is 0 Å². The second-order valence-corrected chi connectivity index (χ2v) is 9.34.